The van der Waals surface area contributed by atoms with Crippen LogP contribution in [0, 0.1) is 11.8 Å². The molecule has 0 saturated heterocycles. The molecule has 0 aromatic carbocycles. The van der Waals surface area contributed by atoms with E-state index in [2.05, 4.69) is 27.7 Å². The van der Waals surface area contributed by atoms with Crippen LogP contribution >= 0.6 is 0 Å². The monoisotopic (exact) mass is 314 g/mol. The molecule has 0 bridgehead atoms. The molecule has 0 aromatic rings. The SMILES string of the molecule is CC(C)CCC(C)(CC(C)C)OC(=O)CCC(=O)OC(C)C. The second kappa shape index (κ2) is 9.86. The van der Waals surface area contributed by atoms with Crippen molar-refractivity contribution in [3.8, 4) is 0 Å². The van der Waals surface area contributed by atoms with Crippen molar-refractivity contribution in [3.63, 3.8) is 0 Å². The number of hydrogen-bond acceptors (Lipinski definition) is 4. The molecule has 1 unspecified atom stereocenters. The highest BCUT2D eigenvalue weighted by atomic mass is 16.6. The summed E-state index contributed by atoms with van der Waals surface area (Å²) in [5.41, 5.74) is -0.447. The van der Waals surface area contributed by atoms with Crippen molar-refractivity contribution in [2.45, 2.75) is 92.3 Å². The Balaban J connectivity index is 4.45. The highest BCUT2D eigenvalue weighted by Crippen LogP contribution is 2.28. The van der Waals surface area contributed by atoms with Crippen LogP contribution in [0.15, 0.2) is 0 Å². The summed E-state index contributed by atoms with van der Waals surface area (Å²) in [6.07, 6.45) is 2.72. The van der Waals surface area contributed by atoms with Gasteiger partial charge in [-0.05, 0) is 51.9 Å². The second-order valence-corrected chi connectivity index (χ2v) is 7.49. The molecule has 130 valence electrons. The van der Waals surface area contributed by atoms with Crippen LogP contribution in [-0.4, -0.2) is 23.6 Å². The average Bonchev–Trinajstić information content (AvgIpc) is 2.32. The molecular weight excluding hydrogens is 280 g/mol. The summed E-state index contributed by atoms with van der Waals surface area (Å²) in [6.45, 7) is 14.2. The van der Waals surface area contributed by atoms with Crippen LogP contribution < -0.4 is 0 Å². The van der Waals surface area contributed by atoms with Crippen molar-refractivity contribution >= 4 is 11.9 Å². The van der Waals surface area contributed by atoms with Gasteiger partial charge in [0.15, 0.2) is 0 Å². The van der Waals surface area contributed by atoms with Crippen LogP contribution in [0.5, 0.6) is 0 Å². The molecule has 0 radical (unpaired) electrons. The van der Waals surface area contributed by atoms with E-state index < -0.39 is 5.60 Å². The largest absolute Gasteiger partial charge is 0.463 e. The van der Waals surface area contributed by atoms with Gasteiger partial charge in [-0.25, -0.2) is 0 Å². The highest BCUT2D eigenvalue weighted by molar-refractivity contribution is 5.77. The first kappa shape index (κ1) is 20.9. The number of ether oxygens (including phenoxy) is 2. The first-order chi connectivity index (χ1) is 10.0. The van der Waals surface area contributed by atoms with Gasteiger partial charge in [0.05, 0.1) is 18.9 Å². The Hall–Kier alpha value is -1.06. The lowest BCUT2D eigenvalue weighted by molar-refractivity contribution is -0.163. The number of carbonyl (C=O) groups is 2. The molecule has 0 N–H and O–H groups in total. The molecule has 1 atom stereocenters. The van der Waals surface area contributed by atoms with E-state index in [-0.39, 0.29) is 30.9 Å². The maximum atomic E-state index is 12.0. The summed E-state index contributed by atoms with van der Waals surface area (Å²) in [4.78, 5) is 23.5. The minimum absolute atomic E-state index is 0.0823. The van der Waals surface area contributed by atoms with Gasteiger partial charge in [0, 0.05) is 0 Å². The van der Waals surface area contributed by atoms with Crippen molar-refractivity contribution in [1.29, 1.82) is 0 Å². The lowest BCUT2D eigenvalue weighted by Crippen LogP contribution is -2.34. The summed E-state index contributed by atoms with van der Waals surface area (Å²) in [5.74, 6) is 0.370. The van der Waals surface area contributed by atoms with Gasteiger partial charge in [-0.1, -0.05) is 27.7 Å². The van der Waals surface area contributed by atoms with E-state index >= 15 is 0 Å². The molecular formula is C18H34O4. The third-order valence-corrected chi connectivity index (χ3v) is 3.35. The van der Waals surface area contributed by atoms with Crippen LogP contribution in [0.1, 0.15) is 80.6 Å². The van der Waals surface area contributed by atoms with Crippen molar-refractivity contribution in [3.05, 3.63) is 0 Å². The molecule has 4 heteroatoms. The van der Waals surface area contributed by atoms with E-state index in [9.17, 15) is 9.59 Å². The Morgan fingerprint density at radius 3 is 1.91 bits per heavy atom. The summed E-state index contributed by atoms with van der Waals surface area (Å²) < 4.78 is 10.7. The zero-order valence-corrected chi connectivity index (χ0v) is 15.4. The lowest BCUT2D eigenvalue weighted by Gasteiger charge is -2.32. The Kier molecular flexibility index (Phi) is 9.38. The van der Waals surface area contributed by atoms with Gasteiger partial charge in [0.2, 0.25) is 0 Å². The average molecular weight is 314 g/mol. The fourth-order valence-electron chi connectivity index (χ4n) is 2.50. The quantitative estimate of drug-likeness (QED) is 0.557. The minimum atomic E-state index is -0.447. The molecule has 0 heterocycles. The lowest BCUT2D eigenvalue weighted by atomic mass is 9.87. The molecule has 22 heavy (non-hydrogen) atoms. The van der Waals surface area contributed by atoms with Crippen molar-refractivity contribution < 1.29 is 19.1 Å². The maximum Gasteiger partial charge on any atom is 0.306 e. The summed E-state index contributed by atoms with van der Waals surface area (Å²) >= 11 is 0. The second-order valence-electron chi connectivity index (χ2n) is 7.49. The van der Waals surface area contributed by atoms with E-state index in [4.69, 9.17) is 9.47 Å². The van der Waals surface area contributed by atoms with E-state index in [0.29, 0.717) is 11.8 Å². The zero-order chi connectivity index (χ0) is 17.3. The van der Waals surface area contributed by atoms with Gasteiger partial charge < -0.3 is 9.47 Å². The molecule has 0 spiro atoms. The minimum Gasteiger partial charge on any atom is -0.463 e. The summed E-state index contributed by atoms with van der Waals surface area (Å²) in [5, 5.41) is 0. The standard InChI is InChI=1S/C18H34O4/c1-13(2)10-11-18(7,12-14(3)4)22-17(20)9-8-16(19)21-15(5)6/h13-15H,8-12H2,1-7H3. The number of rotatable bonds is 10. The highest BCUT2D eigenvalue weighted by Gasteiger charge is 2.30. The molecule has 0 aliphatic carbocycles. The van der Waals surface area contributed by atoms with Gasteiger partial charge in [0.1, 0.15) is 5.60 Å². The third-order valence-electron chi connectivity index (χ3n) is 3.35. The third kappa shape index (κ3) is 10.6. The van der Waals surface area contributed by atoms with Crippen LogP contribution in [0.2, 0.25) is 0 Å². The molecule has 0 rings (SSSR count). The van der Waals surface area contributed by atoms with Crippen LogP contribution in [0.25, 0.3) is 0 Å². The van der Waals surface area contributed by atoms with E-state index in [1.165, 1.54) is 0 Å². The maximum absolute atomic E-state index is 12.0. The first-order valence-corrected chi connectivity index (χ1v) is 8.45. The Morgan fingerprint density at radius 2 is 1.45 bits per heavy atom. The first-order valence-electron chi connectivity index (χ1n) is 8.45. The molecule has 4 nitrogen and oxygen atoms in total. The number of carbonyl (C=O) groups excluding carboxylic acids is 2. The van der Waals surface area contributed by atoms with Gasteiger partial charge in [-0.3, -0.25) is 9.59 Å². The smallest absolute Gasteiger partial charge is 0.306 e. The Labute approximate surface area is 135 Å². The van der Waals surface area contributed by atoms with E-state index in [0.717, 1.165) is 19.3 Å². The summed E-state index contributed by atoms with van der Waals surface area (Å²) in [6, 6.07) is 0. The molecule has 0 aliphatic rings. The normalized spacial score (nSPS) is 14.3. The predicted octanol–water partition coefficient (Wildman–Crippen LogP) is 4.50. The number of hydrogen-bond donors (Lipinski definition) is 0. The van der Waals surface area contributed by atoms with Crippen molar-refractivity contribution in [2.75, 3.05) is 0 Å². The molecule has 0 saturated carbocycles. The van der Waals surface area contributed by atoms with Crippen molar-refractivity contribution in [2.24, 2.45) is 11.8 Å². The zero-order valence-electron chi connectivity index (χ0n) is 15.4. The fraction of sp³-hybridized carbons (Fsp3) is 0.889. The number of esters is 2. The van der Waals surface area contributed by atoms with Crippen molar-refractivity contribution in [1.82, 2.24) is 0 Å². The molecule has 0 amide bonds. The van der Waals surface area contributed by atoms with Crippen LogP contribution in [0.4, 0.5) is 0 Å². The molecule has 0 fully saturated rings. The topological polar surface area (TPSA) is 52.6 Å². The van der Waals surface area contributed by atoms with E-state index in [1.54, 1.807) is 13.8 Å². The Morgan fingerprint density at radius 1 is 0.909 bits per heavy atom. The van der Waals surface area contributed by atoms with Gasteiger partial charge in [-0.2, -0.15) is 0 Å². The van der Waals surface area contributed by atoms with Gasteiger partial charge >= 0.3 is 11.9 Å². The van der Waals surface area contributed by atoms with Crippen LogP contribution in [0.3, 0.4) is 0 Å². The van der Waals surface area contributed by atoms with E-state index in [1.807, 2.05) is 6.92 Å². The summed E-state index contributed by atoms with van der Waals surface area (Å²) in [7, 11) is 0. The Bertz CT molecular complexity index is 347. The molecule has 0 aromatic heterocycles. The van der Waals surface area contributed by atoms with Crippen LogP contribution in [-0.2, 0) is 19.1 Å². The predicted molar refractivity (Wildman–Crippen MR) is 88.5 cm³/mol. The van der Waals surface area contributed by atoms with Gasteiger partial charge in [-0.15, -0.1) is 0 Å². The fourth-order valence-corrected chi connectivity index (χ4v) is 2.50. The van der Waals surface area contributed by atoms with Gasteiger partial charge in [0.25, 0.3) is 0 Å². The molecule has 0 aliphatic heterocycles.